The first-order valence-corrected chi connectivity index (χ1v) is 9.14. The number of rotatable bonds is 7. The third kappa shape index (κ3) is 4.46. The molecule has 2 aromatic heterocycles. The highest BCUT2D eigenvalue weighted by molar-refractivity contribution is 5.76. The van der Waals surface area contributed by atoms with Crippen LogP contribution in [0.2, 0.25) is 0 Å². The van der Waals surface area contributed by atoms with Gasteiger partial charge in [-0.15, -0.1) is 0 Å². The van der Waals surface area contributed by atoms with E-state index < -0.39 is 0 Å². The Morgan fingerprint density at radius 1 is 1.44 bits per heavy atom. The summed E-state index contributed by atoms with van der Waals surface area (Å²) in [5.41, 5.74) is 1.15. The van der Waals surface area contributed by atoms with Crippen LogP contribution in [0.4, 0.5) is 0 Å². The molecule has 0 aromatic carbocycles. The van der Waals surface area contributed by atoms with Crippen molar-refractivity contribution in [3.05, 3.63) is 29.7 Å². The Balaban J connectivity index is 1.48. The van der Waals surface area contributed by atoms with Crippen LogP contribution in [0.15, 0.2) is 16.9 Å². The molecule has 1 aliphatic rings. The van der Waals surface area contributed by atoms with Gasteiger partial charge in [0.2, 0.25) is 11.8 Å². The molecular weight excluding hydrogens is 318 g/mol. The average molecular weight is 345 g/mol. The number of aromatic nitrogens is 4. The van der Waals surface area contributed by atoms with Gasteiger partial charge in [-0.05, 0) is 31.7 Å². The molecule has 0 radical (unpaired) electrons. The maximum Gasteiger partial charge on any atom is 0.226 e. The highest BCUT2D eigenvalue weighted by Gasteiger charge is 2.28. The van der Waals surface area contributed by atoms with E-state index in [0.29, 0.717) is 18.7 Å². The predicted molar refractivity (Wildman–Crippen MR) is 93.0 cm³/mol. The van der Waals surface area contributed by atoms with Gasteiger partial charge in [-0.25, -0.2) is 0 Å². The molecule has 0 unspecified atom stereocenters. The minimum atomic E-state index is 0.218. The lowest BCUT2D eigenvalue weighted by Crippen LogP contribution is -2.38. The zero-order valence-corrected chi connectivity index (χ0v) is 15.3. The van der Waals surface area contributed by atoms with Crippen molar-refractivity contribution in [2.75, 3.05) is 6.54 Å². The second kappa shape index (κ2) is 7.80. The van der Waals surface area contributed by atoms with Crippen LogP contribution in [0.3, 0.4) is 0 Å². The summed E-state index contributed by atoms with van der Waals surface area (Å²) in [5, 5.41) is 8.30. The Kier molecular flexibility index (Phi) is 5.50. The van der Waals surface area contributed by atoms with Crippen LogP contribution in [0.25, 0.3) is 0 Å². The first kappa shape index (κ1) is 17.6. The van der Waals surface area contributed by atoms with Gasteiger partial charge in [-0.2, -0.15) is 10.1 Å². The molecule has 1 atom stereocenters. The molecule has 1 amide bonds. The van der Waals surface area contributed by atoms with Gasteiger partial charge in [-0.1, -0.05) is 19.0 Å². The molecule has 7 heteroatoms. The van der Waals surface area contributed by atoms with E-state index in [9.17, 15) is 4.79 Å². The summed E-state index contributed by atoms with van der Waals surface area (Å²) < 4.78 is 7.18. The Morgan fingerprint density at radius 2 is 2.28 bits per heavy atom. The molecule has 1 fully saturated rings. The topological polar surface area (TPSA) is 77.1 Å². The maximum absolute atomic E-state index is 12.6. The highest BCUT2D eigenvalue weighted by Crippen LogP contribution is 2.21. The summed E-state index contributed by atoms with van der Waals surface area (Å²) >= 11 is 0. The number of hydrogen-bond acceptors (Lipinski definition) is 5. The van der Waals surface area contributed by atoms with Crippen LogP contribution in [0, 0.1) is 6.92 Å². The van der Waals surface area contributed by atoms with Gasteiger partial charge < -0.3 is 9.42 Å². The van der Waals surface area contributed by atoms with E-state index in [1.54, 1.807) is 0 Å². The minimum absolute atomic E-state index is 0.218. The van der Waals surface area contributed by atoms with Gasteiger partial charge in [0.1, 0.15) is 0 Å². The second-order valence-electron chi connectivity index (χ2n) is 7.18. The largest absolute Gasteiger partial charge is 0.339 e. The molecule has 25 heavy (non-hydrogen) atoms. The Morgan fingerprint density at radius 3 is 2.96 bits per heavy atom. The van der Waals surface area contributed by atoms with Gasteiger partial charge in [0.25, 0.3) is 0 Å². The molecule has 1 aliphatic heterocycles. The SMILES string of the molecule is Cc1cnn(C[C@@H]2CCCN2C(=O)CCCc2nc(C(C)C)no2)c1. The summed E-state index contributed by atoms with van der Waals surface area (Å²) in [5.74, 6) is 1.84. The summed E-state index contributed by atoms with van der Waals surface area (Å²) in [7, 11) is 0. The zero-order chi connectivity index (χ0) is 17.8. The van der Waals surface area contributed by atoms with Gasteiger partial charge in [-0.3, -0.25) is 9.48 Å². The summed E-state index contributed by atoms with van der Waals surface area (Å²) in [6, 6.07) is 0.253. The predicted octanol–water partition coefficient (Wildman–Crippen LogP) is 2.71. The van der Waals surface area contributed by atoms with Gasteiger partial charge in [0, 0.05) is 31.5 Å². The second-order valence-corrected chi connectivity index (χ2v) is 7.18. The van der Waals surface area contributed by atoms with E-state index in [-0.39, 0.29) is 17.9 Å². The lowest BCUT2D eigenvalue weighted by atomic mass is 10.2. The highest BCUT2D eigenvalue weighted by atomic mass is 16.5. The first-order chi connectivity index (χ1) is 12.0. The van der Waals surface area contributed by atoms with E-state index in [4.69, 9.17) is 4.52 Å². The normalized spacial score (nSPS) is 17.6. The van der Waals surface area contributed by atoms with Crippen molar-refractivity contribution in [2.24, 2.45) is 0 Å². The Labute approximate surface area is 148 Å². The fourth-order valence-electron chi connectivity index (χ4n) is 3.28. The van der Waals surface area contributed by atoms with Crippen molar-refractivity contribution in [1.82, 2.24) is 24.8 Å². The van der Waals surface area contributed by atoms with E-state index in [1.165, 1.54) is 0 Å². The third-order valence-electron chi connectivity index (χ3n) is 4.64. The van der Waals surface area contributed by atoms with Crippen molar-refractivity contribution in [1.29, 1.82) is 0 Å². The van der Waals surface area contributed by atoms with Crippen molar-refractivity contribution in [2.45, 2.75) is 71.4 Å². The van der Waals surface area contributed by atoms with Gasteiger partial charge in [0.05, 0.1) is 18.8 Å². The number of hydrogen-bond donors (Lipinski definition) is 0. The van der Waals surface area contributed by atoms with E-state index in [2.05, 4.69) is 15.2 Å². The molecule has 0 N–H and O–H groups in total. The van der Waals surface area contributed by atoms with Crippen molar-refractivity contribution in [3.63, 3.8) is 0 Å². The van der Waals surface area contributed by atoms with E-state index in [1.807, 2.05) is 42.7 Å². The molecule has 2 aromatic rings. The molecule has 0 saturated carbocycles. The lowest BCUT2D eigenvalue weighted by Gasteiger charge is -2.24. The molecule has 0 aliphatic carbocycles. The first-order valence-electron chi connectivity index (χ1n) is 9.14. The lowest BCUT2D eigenvalue weighted by molar-refractivity contribution is -0.132. The number of nitrogens with zero attached hydrogens (tertiary/aromatic N) is 5. The van der Waals surface area contributed by atoms with Crippen LogP contribution in [-0.4, -0.2) is 43.3 Å². The van der Waals surface area contributed by atoms with Crippen LogP contribution in [0.1, 0.15) is 62.7 Å². The van der Waals surface area contributed by atoms with Crippen LogP contribution < -0.4 is 0 Å². The fraction of sp³-hybridized carbons (Fsp3) is 0.667. The molecule has 3 heterocycles. The molecular formula is C18H27N5O2. The number of amides is 1. The molecule has 7 nitrogen and oxygen atoms in total. The van der Waals surface area contributed by atoms with E-state index in [0.717, 1.165) is 43.7 Å². The smallest absolute Gasteiger partial charge is 0.226 e. The number of likely N-dealkylation sites (tertiary alicyclic amines) is 1. The Hall–Kier alpha value is -2.18. The van der Waals surface area contributed by atoms with Crippen molar-refractivity contribution in [3.8, 4) is 0 Å². The summed E-state index contributed by atoms with van der Waals surface area (Å²) in [6.45, 7) is 7.73. The third-order valence-corrected chi connectivity index (χ3v) is 4.64. The van der Waals surface area contributed by atoms with Crippen molar-refractivity contribution < 1.29 is 9.32 Å². The molecule has 1 saturated heterocycles. The minimum Gasteiger partial charge on any atom is -0.339 e. The summed E-state index contributed by atoms with van der Waals surface area (Å²) in [4.78, 5) is 19.0. The summed E-state index contributed by atoms with van der Waals surface area (Å²) in [6.07, 6.45) is 7.92. The van der Waals surface area contributed by atoms with Crippen LogP contribution in [-0.2, 0) is 17.8 Å². The van der Waals surface area contributed by atoms with Crippen molar-refractivity contribution >= 4 is 5.91 Å². The number of aryl methyl sites for hydroxylation is 2. The van der Waals surface area contributed by atoms with E-state index >= 15 is 0 Å². The molecule has 3 rings (SSSR count). The molecule has 136 valence electrons. The van der Waals surface area contributed by atoms with Crippen LogP contribution >= 0.6 is 0 Å². The van der Waals surface area contributed by atoms with Crippen LogP contribution in [0.5, 0.6) is 0 Å². The number of carbonyl (C=O) groups excluding carboxylic acids is 1. The zero-order valence-electron chi connectivity index (χ0n) is 15.3. The monoisotopic (exact) mass is 345 g/mol. The maximum atomic E-state index is 12.6. The average Bonchev–Trinajstić information content (AvgIpc) is 3.29. The Bertz CT molecular complexity index is 706. The standard InChI is InChI=1S/C18H27N5O2/c1-13(2)18-20-16(25-21-18)7-4-8-17(24)23-9-5-6-15(23)12-22-11-14(3)10-19-22/h10-11,13,15H,4-9,12H2,1-3H3/t15-/m0/s1. The molecule has 0 bridgehead atoms. The quantitative estimate of drug-likeness (QED) is 0.771. The molecule has 0 spiro atoms. The van der Waals surface area contributed by atoms with Gasteiger partial charge in [0.15, 0.2) is 5.82 Å². The fourth-order valence-corrected chi connectivity index (χ4v) is 3.28. The number of carbonyl (C=O) groups is 1. The van der Waals surface area contributed by atoms with Gasteiger partial charge >= 0.3 is 0 Å².